The highest BCUT2D eigenvalue weighted by Gasteiger charge is 2.15. The van der Waals surface area contributed by atoms with Crippen LogP contribution in [0.25, 0.3) is 0 Å². The van der Waals surface area contributed by atoms with Crippen molar-refractivity contribution in [3.05, 3.63) is 35.4 Å². The van der Waals surface area contributed by atoms with Gasteiger partial charge in [-0.1, -0.05) is 29.4 Å². The van der Waals surface area contributed by atoms with Crippen LogP contribution in [0.2, 0.25) is 0 Å². The second kappa shape index (κ2) is 4.26. The summed E-state index contributed by atoms with van der Waals surface area (Å²) in [5.41, 5.74) is 3.28. The smallest absolute Gasteiger partial charge is 0.318 e. The van der Waals surface area contributed by atoms with Crippen molar-refractivity contribution in [3.8, 4) is 0 Å². The topological polar surface area (TPSA) is 38.7 Å². The summed E-state index contributed by atoms with van der Waals surface area (Å²) in [7, 11) is 0. The lowest BCUT2D eigenvalue weighted by Gasteiger charge is -2.16. The van der Waals surface area contributed by atoms with Gasteiger partial charge in [0.25, 0.3) is 0 Å². The SMILES string of the molecule is CC(=O)O/N=C1/CCCc2ccccc21. The van der Waals surface area contributed by atoms with Crippen molar-refractivity contribution >= 4 is 11.7 Å². The maximum Gasteiger partial charge on any atom is 0.331 e. The number of carbonyl (C=O) groups excluding carboxylic acids is 1. The van der Waals surface area contributed by atoms with Crippen molar-refractivity contribution in [1.29, 1.82) is 0 Å². The number of aryl methyl sites for hydroxylation is 1. The van der Waals surface area contributed by atoms with E-state index in [4.69, 9.17) is 0 Å². The summed E-state index contributed by atoms with van der Waals surface area (Å²) in [6.45, 7) is 1.36. The first-order chi connectivity index (χ1) is 7.27. The predicted octanol–water partition coefficient (Wildman–Crippen LogP) is 2.29. The molecule has 0 fully saturated rings. The number of rotatable bonds is 1. The number of benzene rings is 1. The van der Waals surface area contributed by atoms with E-state index < -0.39 is 0 Å². The maximum atomic E-state index is 10.7. The molecule has 1 aliphatic rings. The molecule has 2 rings (SSSR count). The van der Waals surface area contributed by atoms with Crippen LogP contribution in [-0.2, 0) is 16.1 Å². The summed E-state index contributed by atoms with van der Waals surface area (Å²) < 4.78 is 0. The second-order valence-corrected chi connectivity index (χ2v) is 3.63. The molecule has 0 bridgehead atoms. The van der Waals surface area contributed by atoms with E-state index in [1.54, 1.807) is 0 Å². The van der Waals surface area contributed by atoms with Crippen LogP contribution in [0.5, 0.6) is 0 Å². The van der Waals surface area contributed by atoms with Crippen LogP contribution in [0.3, 0.4) is 0 Å². The van der Waals surface area contributed by atoms with Gasteiger partial charge in [-0.15, -0.1) is 0 Å². The van der Waals surface area contributed by atoms with Gasteiger partial charge in [0.2, 0.25) is 0 Å². The molecule has 15 heavy (non-hydrogen) atoms. The molecule has 0 saturated heterocycles. The zero-order chi connectivity index (χ0) is 10.7. The van der Waals surface area contributed by atoms with E-state index >= 15 is 0 Å². The van der Waals surface area contributed by atoms with Crippen LogP contribution in [0, 0.1) is 0 Å². The molecule has 3 heteroatoms. The van der Waals surface area contributed by atoms with E-state index in [1.165, 1.54) is 12.5 Å². The molecule has 0 unspecified atom stereocenters. The molecular formula is C12H13NO2. The molecule has 0 heterocycles. The molecular weight excluding hydrogens is 190 g/mol. The molecule has 3 nitrogen and oxygen atoms in total. The molecule has 0 aliphatic heterocycles. The minimum absolute atomic E-state index is 0.370. The Bertz CT molecular complexity index is 410. The van der Waals surface area contributed by atoms with Gasteiger partial charge >= 0.3 is 5.97 Å². The highest BCUT2D eigenvalue weighted by atomic mass is 16.7. The lowest BCUT2D eigenvalue weighted by atomic mass is 9.90. The lowest BCUT2D eigenvalue weighted by Crippen LogP contribution is -2.12. The largest absolute Gasteiger partial charge is 0.331 e. The van der Waals surface area contributed by atoms with E-state index in [0.717, 1.165) is 30.5 Å². The number of hydrogen-bond donors (Lipinski definition) is 0. The Morgan fingerprint density at radius 3 is 2.93 bits per heavy atom. The van der Waals surface area contributed by atoms with Crippen molar-refractivity contribution in [1.82, 2.24) is 0 Å². The third kappa shape index (κ3) is 2.24. The summed E-state index contributed by atoms with van der Waals surface area (Å²) in [5.74, 6) is -0.370. The molecule has 1 aromatic carbocycles. The summed E-state index contributed by atoms with van der Waals surface area (Å²) in [4.78, 5) is 15.4. The Hall–Kier alpha value is -1.64. The number of fused-ring (bicyclic) bond motifs is 1. The van der Waals surface area contributed by atoms with Crippen LogP contribution in [-0.4, -0.2) is 11.7 Å². The molecule has 0 atom stereocenters. The maximum absolute atomic E-state index is 10.7. The van der Waals surface area contributed by atoms with Gasteiger partial charge in [-0.2, -0.15) is 0 Å². The van der Waals surface area contributed by atoms with Gasteiger partial charge in [-0.05, 0) is 24.8 Å². The summed E-state index contributed by atoms with van der Waals surface area (Å²) in [6, 6.07) is 8.12. The fourth-order valence-corrected chi connectivity index (χ4v) is 1.81. The normalized spacial score (nSPS) is 17.3. The molecule has 78 valence electrons. The van der Waals surface area contributed by atoms with Gasteiger partial charge in [0.05, 0.1) is 5.71 Å². The Labute approximate surface area is 88.7 Å². The molecule has 0 N–H and O–H groups in total. The van der Waals surface area contributed by atoms with Gasteiger partial charge in [0, 0.05) is 12.5 Å². The van der Waals surface area contributed by atoms with Gasteiger partial charge in [0.15, 0.2) is 0 Å². The first kappa shape index (κ1) is 9.90. The van der Waals surface area contributed by atoms with E-state index in [-0.39, 0.29) is 5.97 Å². The zero-order valence-corrected chi connectivity index (χ0v) is 8.69. The third-order valence-corrected chi connectivity index (χ3v) is 2.47. The molecule has 1 aromatic rings. The Kier molecular flexibility index (Phi) is 2.81. The van der Waals surface area contributed by atoms with Crippen LogP contribution < -0.4 is 0 Å². The fraction of sp³-hybridized carbons (Fsp3) is 0.333. The van der Waals surface area contributed by atoms with Crippen molar-refractivity contribution < 1.29 is 9.63 Å². The number of carbonyl (C=O) groups is 1. The van der Waals surface area contributed by atoms with Crippen molar-refractivity contribution in [3.63, 3.8) is 0 Å². The minimum atomic E-state index is -0.370. The Balaban J connectivity index is 2.29. The van der Waals surface area contributed by atoms with Gasteiger partial charge < -0.3 is 4.84 Å². The summed E-state index contributed by atoms with van der Waals surface area (Å²) in [5, 5.41) is 3.89. The second-order valence-electron chi connectivity index (χ2n) is 3.63. The predicted molar refractivity (Wildman–Crippen MR) is 57.7 cm³/mol. The first-order valence-corrected chi connectivity index (χ1v) is 5.10. The first-order valence-electron chi connectivity index (χ1n) is 5.10. The monoisotopic (exact) mass is 203 g/mol. The van der Waals surface area contributed by atoms with E-state index in [9.17, 15) is 4.79 Å². The Morgan fingerprint density at radius 1 is 1.33 bits per heavy atom. The summed E-state index contributed by atoms with van der Waals surface area (Å²) >= 11 is 0. The van der Waals surface area contributed by atoms with E-state index in [2.05, 4.69) is 16.1 Å². The molecule has 0 spiro atoms. The van der Waals surface area contributed by atoms with Gasteiger partial charge in [-0.25, -0.2) is 4.79 Å². The standard InChI is InChI=1S/C12H13NO2/c1-9(14)15-13-12-8-4-6-10-5-2-3-7-11(10)12/h2-3,5,7H,4,6,8H2,1H3/b13-12-. The quantitative estimate of drug-likeness (QED) is 0.519. The zero-order valence-electron chi connectivity index (χ0n) is 8.69. The molecule has 0 aromatic heterocycles. The highest BCUT2D eigenvalue weighted by Crippen LogP contribution is 2.21. The van der Waals surface area contributed by atoms with Gasteiger partial charge in [0.1, 0.15) is 0 Å². The fourth-order valence-electron chi connectivity index (χ4n) is 1.81. The van der Waals surface area contributed by atoms with E-state index in [1.807, 2.05) is 18.2 Å². The highest BCUT2D eigenvalue weighted by molar-refractivity contribution is 6.02. The number of hydrogen-bond acceptors (Lipinski definition) is 3. The average Bonchev–Trinajstić information content (AvgIpc) is 2.26. The van der Waals surface area contributed by atoms with Crippen LogP contribution in [0.15, 0.2) is 29.4 Å². The van der Waals surface area contributed by atoms with Crippen molar-refractivity contribution in [2.75, 3.05) is 0 Å². The van der Waals surface area contributed by atoms with Crippen LogP contribution in [0.4, 0.5) is 0 Å². The van der Waals surface area contributed by atoms with E-state index in [0.29, 0.717) is 0 Å². The summed E-state index contributed by atoms with van der Waals surface area (Å²) in [6.07, 6.45) is 3.02. The van der Waals surface area contributed by atoms with Crippen LogP contribution in [0.1, 0.15) is 30.9 Å². The third-order valence-electron chi connectivity index (χ3n) is 2.47. The minimum Gasteiger partial charge on any atom is -0.318 e. The van der Waals surface area contributed by atoms with Gasteiger partial charge in [-0.3, -0.25) is 0 Å². The molecule has 0 amide bonds. The number of oxime groups is 1. The van der Waals surface area contributed by atoms with Crippen molar-refractivity contribution in [2.45, 2.75) is 26.2 Å². The van der Waals surface area contributed by atoms with Crippen molar-refractivity contribution in [2.24, 2.45) is 5.16 Å². The average molecular weight is 203 g/mol. The number of nitrogens with zero attached hydrogens (tertiary/aromatic N) is 1. The molecule has 0 saturated carbocycles. The van der Waals surface area contributed by atoms with Crippen LogP contribution >= 0.6 is 0 Å². The Morgan fingerprint density at radius 2 is 2.13 bits per heavy atom. The lowest BCUT2D eigenvalue weighted by molar-refractivity contribution is -0.140. The molecule has 1 aliphatic carbocycles. The molecule has 0 radical (unpaired) electrons.